The fourth-order valence-electron chi connectivity index (χ4n) is 2.15. The Morgan fingerprint density at radius 2 is 1.78 bits per heavy atom. The number of rotatable bonds is 3. The lowest BCUT2D eigenvalue weighted by molar-refractivity contribution is 0.717. The molecule has 23 heavy (non-hydrogen) atoms. The van der Waals surface area contributed by atoms with Gasteiger partial charge in [-0.15, -0.1) is 15.0 Å². The fourth-order valence-corrected chi connectivity index (χ4v) is 2.15. The number of aromatic nitrogens is 7. The van der Waals surface area contributed by atoms with E-state index in [0.717, 1.165) is 16.8 Å². The second kappa shape index (κ2) is 5.72. The first-order chi connectivity index (χ1) is 11.4. The van der Waals surface area contributed by atoms with E-state index in [1.807, 2.05) is 36.4 Å². The maximum Gasteiger partial charge on any atom is 0.223 e. The lowest BCUT2D eigenvalue weighted by atomic mass is 10.1. The van der Waals surface area contributed by atoms with Crippen LogP contribution in [-0.2, 0) is 0 Å². The smallest absolute Gasteiger partial charge is 0.223 e. The number of hydrogen-bond acceptors (Lipinski definition) is 6. The van der Waals surface area contributed by atoms with Crippen molar-refractivity contribution < 1.29 is 0 Å². The van der Waals surface area contributed by atoms with Crippen molar-refractivity contribution in [1.82, 2.24) is 35.2 Å². The molecular formula is C16H11N7. The molecule has 0 aliphatic rings. The van der Waals surface area contributed by atoms with Gasteiger partial charge in [0.2, 0.25) is 5.82 Å². The van der Waals surface area contributed by atoms with Crippen LogP contribution in [0.3, 0.4) is 0 Å². The van der Waals surface area contributed by atoms with E-state index >= 15 is 0 Å². The van der Waals surface area contributed by atoms with E-state index < -0.39 is 0 Å². The highest BCUT2D eigenvalue weighted by Gasteiger charge is 2.09. The Hall–Kier alpha value is -3.48. The van der Waals surface area contributed by atoms with Crippen molar-refractivity contribution in [2.24, 2.45) is 0 Å². The molecule has 0 fully saturated rings. The van der Waals surface area contributed by atoms with Gasteiger partial charge in [-0.25, -0.2) is 0 Å². The van der Waals surface area contributed by atoms with Crippen LogP contribution in [0.4, 0.5) is 0 Å². The van der Waals surface area contributed by atoms with Crippen molar-refractivity contribution in [3.05, 3.63) is 67.4 Å². The standard InChI is InChI=1S/C16H11N7/c1-2-7-19-15(5-1)16-20-22-23(21-16)14-8-13(10-18-11-14)12-4-3-6-17-9-12/h1-11H. The third kappa shape index (κ3) is 2.67. The van der Waals surface area contributed by atoms with Crippen molar-refractivity contribution in [2.45, 2.75) is 0 Å². The van der Waals surface area contributed by atoms with E-state index in [1.54, 1.807) is 31.0 Å². The van der Waals surface area contributed by atoms with Crippen LogP contribution in [0.2, 0.25) is 0 Å². The normalized spacial score (nSPS) is 10.6. The summed E-state index contributed by atoms with van der Waals surface area (Å²) >= 11 is 0. The molecule has 0 N–H and O–H groups in total. The largest absolute Gasteiger partial charge is 0.264 e. The quantitative estimate of drug-likeness (QED) is 0.577. The summed E-state index contributed by atoms with van der Waals surface area (Å²) in [7, 11) is 0. The van der Waals surface area contributed by atoms with Gasteiger partial charge in [-0.05, 0) is 29.5 Å². The molecule has 110 valence electrons. The molecule has 0 atom stereocenters. The maximum atomic E-state index is 4.36. The van der Waals surface area contributed by atoms with E-state index in [1.165, 1.54) is 4.80 Å². The Kier molecular flexibility index (Phi) is 3.28. The number of nitrogens with zero attached hydrogens (tertiary/aromatic N) is 7. The zero-order chi connectivity index (χ0) is 15.5. The van der Waals surface area contributed by atoms with Crippen molar-refractivity contribution in [3.63, 3.8) is 0 Å². The summed E-state index contributed by atoms with van der Waals surface area (Å²) in [4.78, 5) is 14.0. The SMILES string of the molecule is c1ccc(-c2nnn(-c3cncc(-c4cccnc4)c3)n2)nc1. The van der Waals surface area contributed by atoms with Gasteiger partial charge in [-0.1, -0.05) is 12.1 Å². The third-order valence-corrected chi connectivity index (χ3v) is 3.26. The molecule has 4 aromatic heterocycles. The highest BCUT2D eigenvalue weighted by molar-refractivity contribution is 5.63. The molecule has 4 heterocycles. The van der Waals surface area contributed by atoms with Crippen LogP contribution in [0.25, 0.3) is 28.3 Å². The van der Waals surface area contributed by atoms with Gasteiger partial charge < -0.3 is 0 Å². The van der Waals surface area contributed by atoms with Gasteiger partial charge in [0.25, 0.3) is 0 Å². The molecule has 7 nitrogen and oxygen atoms in total. The Labute approximate surface area is 131 Å². The molecular weight excluding hydrogens is 290 g/mol. The van der Waals surface area contributed by atoms with Gasteiger partial charge in [-0.3, -0.25) is 15.0 Å². The first-order valence-corrected chi connectivity index (χ1v) is 6.97. The van der Waals surface area contributed by atoms with Crippen molar-refractivity contribution in [2.75, 3.05) is 0 Å². The highest BCUT2D eigenvalue weighted by atomic mass is 15.6. The second-order valence-electron chi connectivity index (χ2n) is 4.79. The van der Waals surface area contributed by atoms with Gasteiger partial charge >= 0.3 is 0 Å². The fraction of sp³-hybridized carbons (Fsp3) is 0. The molecule has 4 rings (SSSR count). The molecule has 0 amide bonds. The Morgan fingerprint density at radius 1 is 0.826 bits per heavy atom. The zero-order valence-corrected chi connectivity index (χ0v) is 12.0. The first-order valence-electron chi connectivity index (χ1n) is 6.97. The van der Waals surface area contributed by atoms with E-state index in [4.69, 9.17) is 0 Å². The minimum absolute atomic E-state index is 0.470. The Morgan fingerprint density at radius 3 is 2.61 bits per heavy atom. The summed E-state index contributed by atoms with van der Waals surface area (Å²) in [6.45, 7) is 0. The molecule has 7 heteroatoms. The average Bonchev–Trinajstić information content (AvgIpc) is 3.14. The van der Waals surface area contributed by atoms with E-state index in [9.17, 15) is 0 Å². The van der Waals surface area contributed by atoms with Crippen molar-refractivity contribution in [1.29, 1.82) is 0 Å². The van der Waals surface area contributed by atoms with Crippen LogP contribution >= 0.6 is 0 Å². The lowest BCUT2D eigenvalue weighted by Gasteiger charge is -2.02. The minimum Gasteiger partial charge on any atom is -0.264 e. The summed E-state index contributed by atoms with van der Waals surface area (Å²) in [5.41, 5.74) is 3.32. The topological polar surface area (TPSA) is 82.3 Å². The van der Waals surface area contributed by atoms with Gasteiger partial charge in [0.1, 0.15) is 11.4 Å². The van der Waals surface area contributed by atoms with Crippen LogP contribution < -0.4 is 0 Å². The summed E-state index contributed by atoms with van der Waals surface area (Å²) < 4.78 is 0. The molecule has 0 aliphatic carbocycles. The number of tetrazole rings is 1. The predicted octanol–water partition coefficient (Wildman–Crippen LogP) is 2.18. The molecule has 0 unspecified atom stereocenters. The first kappa shape index (κ1) is 13.2. The van der Waals surface area contributed by atoms with E-state index in [0.29, 0.717) is 11.5 Å². The van der Waals surface area contributed by atoms with E-state index in [2.05, 4.69) is 30.4 Å². The average molecular weight is 301 g/mol. The minimum atomic E-state index is 0.470. The van der Waals surface area contributed by atoms with Crippen LogP contribution in [-0.4, -0.2) is 35.2 Å². The third-order valence-electron chi connectivity index (χ3n) is 3.26. The molecule has 4 aromatic rings. The van der Waals surface area contributed by atoms with Crippen LogP contribution in [0.5, 0.6) is 0 Å². The van der Waals surface area contributed by atoms with Gasteiger partial charge in [0.05, 0.1) is 6.20 Å². The van der Waals surface area contributed by atoms with Crippen LogP contribution in [0.1, 0.15) is 0 Å². The molecule has 0 radical (unpaired) electrons. The summed E-state index contributed by atoms with van der Waals surface area (Å²) in [6.07, 6.45) is 8.68. The van der Waals surface area contributed by atoms with Crippen molar-refractivity contribution in [3.8, 4) is 28.3 Å². The molecule has 0 aliphatic heterocycles. The molecule has 0 saturated carbocycles. The highest BCUT2D eigenvalue weighted by Crippen LogP contribution is 2.19. The summed E-state index contributed by atoms with van der Waals surface area (Å²) in [5, 5.41) is 12.5. The molecule has 0 spiro atoms. The summed E-state index contributed by atoms with van der Waals surface area (Å²) in [5.74, 6) is 0.470. The lowest BCUT2D eigenvalue weighted by Crippen LogP contribution is -2.00. The Bertz CT molecular complexity index is 919. The van der Waals surface area contributed by atoms with Crippen molar-refractivity contribution >= 4 is 0 Å². The zero-order valence-electron chi connectivity index (χ0n) is 12.0. The second-order valence-corrected chi connectivity index (χ2v) is 4.79. The number of hydrogen-bond donors (Lipinski definition) is 0. The van der Waals surface area contributed by atoms with Gasteiger partial charge in [0.15, 0.2) is 0 Å². The summed E-state index contributed by atoms with van der Waals surface area (Å²) in [6, 6.07) is 11.4. The Balaban J connectivity index is 1.71. The van der Waals surface area contributed by atoms with Crippen LogP contribution in [0, 0.1) is 0 Å². The number of pyridine rings is 3. The maximum absolute atomic E-state index is 4.36. The van der Waals surface area contributed by atoms with Gasteiger partial charge in [-0.2, -0.15) is 0 Å². The monoisotopic (exact) mass is 301 g/mol. The van der Waals surface area contributed by atoms with Crippen LogP contribution in [0.15, 0.2) is 67.4 Å². The van der Waals surface area contributed by atoms with E-state index in [-0.39, 0.29) is 0 Å². The molecule has 0 aromatic carbocycles. The predicted molar refractivity (Wildman–Crippen MR) is 83.4 cm³/mol. The van der Waals surface area contributed by atoms with Gasteiger partial charge in [0, 0.05) is 35.9 Å². The molecule has 0 bridgehead atoms. The molecule has 0 saturated heterocycles.